The van der Waals surface area contributed by atoms with Crippen molar-refractivity contribution in [3.8, 4) is 0 Å². The highest BCUT2D eigenvalue weighted by molar-refractivity contribution is 5.76. The van der Waals surface area contributed by atoms with Crippen molar-refractivity contribution < 1.29 is 4.79 Å². The van der Waals surface area contributed by atoms with Crippen molar-refractivity contribution in [3.05, 3.63) is 35.9 Å². The zero-order valence-electron chi connectivity index (χ0n) is 12.4. The molecule has 0 spiro atoms. The minimum Gasteiger partial charge on any atom is -0.338 e. The van der Waals surface area contributed by atoms with Gasteiger partial charge in [0.05, 0.1) is 0 Å². The summed E-state index contributed by atoms with van der Waals surface area (Å²) in [6.45, 7) is 3.68. The molecule has 1 aromatic rings. The molecule has 0 aromatic heterocycles. The topological polar surface area (TPSA) is 46.3 Å². The summed E-state index contributed by atoms with van der Waals surface area (Å²) < 4.78 is 0. The molecule has 1 aliphatic rings. The lowest BCUT2D eigenvalue weighted by Gasteiger charge is -2.39. The summed E-state index contributed by atoms with van der Waals surface area (Å²) in [7, 11) is 0. The molecule has 1 fully saturated rings. The van der Waals surface area contributed by atoms with Gasteiger partial charge >= 0.3 is 0 Å². The van der Waals surface area contributed by atoms with Crippen molar-refractivity contribution in [1.82, 2.24) is 4.90 Å². The second-order valence-electron chi connectivity index (χ2n) is 5.85. The lowest BCUT2D eigenvalue weighted by atomic mass is 9.90. The molecule has 1 saturated heterocycles. The van der Waals surface area contributed by atoms with Crippen molar-refractivity contribution in [1.29, 1.82) is 0 Å². The minimum atomic E-state index is 0.243. The number of hydrogen-bond donors (Lipinski definition) is 1. The number of nitrogens with zero attached hydrogens (tertiary/aromatic N) is 1. The Hall–Kier alpha value is -1.35. The first-order valence-corrected chi connectivity index (χ1v) is 7.76. The molecule has 2 atom stereocenters. The van der Waals surface area contributed by atoms with E-state index in [9.17, 15) is 4.79 Å². The first kappa shape index (κ1) is 15.0. The summed E-state index contributed by atoms with van der Waals surface area (Å²) in [4.78, 5) is 14.4. The highest BCUT2D eigenvalue weighted by Crippen LogP contribution is 2.23. The van der Waals surface area contributed by atoms with Crippen LogP contribution >= 0.6 is 0 Å². The molecule has 2 N–H and O–H groups in total. The van der Waals surface area contributed by atoms with E-state index in [1.807, 2.05) is 23.1 Å². The Balaban J connectivity index is 1.82. The van der Waals surface area contributed by atoms with Crippen LogP contribution in [0.25, 0.3) is 0 Å². The Morgan fingerprint density at radius 1 is 1.35 bits per heavy atom. The van der Waals surface area contributed by atoms with Crippen LogP contribution in [0.15, 0.2) is 30.3 Å². The highest BCUT2D eigenvalue weighted by atomic mass is 16.2. The Bertz CT molecular complexity index is 418. The molecule has 0 unspecified atom stereocenters. The van der Waals surface area contributed by atoms with E-state index in [1.165, 1.54) is 12.0 Å². The average molecular weight is 274 g/mol. The number of rotatable bonds is 5. The zero-order valence-corrected chi connectivity index (χ0v) is 12.4. The van der Waals surface area contributed by atoms with Gasteiger partial charge in [-0.15, -0.1) is 0 Å². The molecular formula is C17H26N2O. The van der Waals surface area contributed by atoms with Crippen LogP contribution in [0.5, 0.6) is 0 Å². The van der Waals surface area contributed by atoms with E-state index in [2.05, 4.69) is 19.1 Å². The maximum absolute atomic E-state index is 12.4. The third-order valence-corrected chi connectivity index (χ3v) is 4.38. The second-order valence-corrected chi connectivity index (χ2v) is 5.85. The van der Waals surface area contributed by atoms with E-state index in [0.29, 0.717) is 18.9 Å². The Morgan fingerprint density at radius 3 is 2.80 bits per heavy atom. The van der Waals surface area contributed by atoms with Gasteiger partial charge in [-0.25, -0.2) is 0 Å². The number of nitrogens with two attached hydrogens (primary N) is 1. The SMILES string of the molecule is C[C@H]1CCCN(C(=O)CCCc2ccccc2)[C@@H]1CN. The van der Waals surface area contributed by atoms with Crippen molar-refractivity contribution in [3.63, 3.8) is 0 Å². The Kier molecular flexibility index (Phi) is 5.60. The number of hydrogen-bond acceptors (Lipinski definition) is 2. The number of carbonyl (C=O) groups excluding carboxylic acids is 1. The van der Waals surface area contributed by atoms with Gasteiger partial charge in [0, 0.05) is 25.6 Å². The van der Waals surface area contributed by atoms with E-state index in [0.717, 1.165) is 25.8 Å². The Labute approximate surface area is 122 Å². The third kappa shape index (κ3) is 3.83. The molecule has 1 aliphatic heterocycles. The van der Waals surface area contributed by atoms with Crippen LogP contribution in [-0.4, -0.2) is 29.9 Å². The van der Waals surface area contributed by atoms with Gasteiger partial charge < -0.3 is 10.6 Å². The van der Waals surface area contributed by atoms with Crippen LogP contribution < -0.4 is 5.73 Å². The fourth-order valence-corrected chi connectivity index (χ4v) is 3.15. The molecule has 3 heteroatoms. The standard InChI is InChI=1S/C17H26N2O/c1-14-7-6-12-19(16(14)13-18)17(20)11-5-10-15-8-3-2-4-9-15/h2-4,8-9,14,16H,5-7,10-13,18H2,1H3/t14-,16+/m0/s1. The Morgan fingerprint density at radius 2 is 2.10 bits per heavy atom. The zero-order chi connectivity index (χ0) is 14.4. The second kappa shape index (κ2) is 7.44. The molecule has 0 radical (unpaired) electrons. The molecule has 1 aromatic carbocycles. The average Bonchev–Trinajstić information content (AvgIpc) is 2.48. The van der Waals surface area contributed by atoms with E-state index >= 15 is 0 Å². The summed E-state index contributed by atoms with van der Waals surface area (Å²) >= 11 is 0. The summed E-state index contributed by atoms with van der Waals surface area (Å²) in [5, 5.41) is 0. The predicted molar refractivity (Wildman–Crippen MR) is 82.3 cm³/mol. The van der Waals surface area contributed by atoms with E-state index in [1.54, 1.807) is 0 Å². The monoisotopic (exact) mass is 274 g/mol. The van der Waals surface area contributed by atoms with Gasteiger partial charge in [-0.2, -0.15) is 0 Å². The lowest BCUT2D eigenvalue weighted by Crippen LogP contribution is -2.51. The maximum Gasteiger partial charge on any atom is 0.222 e. The van der Waals surface area contributed by atoms with Gasteiger partial charge in [0.1, 0.15) is 0 Å². The van der Waals surface area contributed by atoms with Crippen molar-refractivity contribution in [2.45, 2.75) is 45.1 Å². The molecule has 3 nitrogen and oxygen atoms in total. The number of carbonyl (C=O) groups is 1. The van der Waals surface area contributed by atoms with Crippen LogP contribution in [0, 0.1) is 5.92 Å². The van der Waals surface area contributed by atoms with Crippen molar-refractivity contribution in [2.24, 2.45) is 11.7 Å². The molecule has 0 aliphatic carbocycles. The van der Waals surface area contributed by atoms with Crippen LogP contribution in [-0.2, 0) is 11.2 Å². The fraction of sp³-hybridized carbons (Fsp3) is 0.588. The number of piperidine rings is 1. The van der Waals surface area contributed by atoms with Gasteiger partial charge in [-0.1, -0.05) is 37.3 Å². The van der Waals surface area contributed by atoms with Crippen LogP contribution in [0.2, 0.25) is 0 Å². The lowest BCUT2D eigenvalue weighted by molar-refractivity contribution is -0.136. The molecule has 0 bridgehead atoms. The van der Waals surface area contributed by atoms with Crippen molar-refractivity contribution >= 4 is 5.91 Å². The van der Waals surface area contributed by atoms with E-state index in [-0.39, 0.29) is 11.9 Å². The largest absolute Gasteiger partial charge is 0.338 e. The highest BCUT2D eigenvalue weighted by Gasteiger charge is 2.30. The molecule has 20 heavy (non-hydrogen) atoms. The maximum atomic E-state index is 12.4. The van der Waals surface area contributed by atoms with Crippen LogP contribution in [0.4, 0.5) is 0 Å². The molecule has 110 valence electrons. The van der Waals surface area contributed by atoms with Gasteiger partial charge in [0.2, 0.25) is 5.91 Å². The number of benzene rings is 1. The van der Waals surface area contributed by atoms with Gasteiger partial charge in [0.15, 0.2) is 0 Å². The normalized spacial score (nSPS) is 22.8. The van der Waals surface area contributed by atoms with Gasteiger partial charge in [0.25, 0.3) is 0 Å². The summed E-state index contributed by atoms with van der Waals surface area (Å²) in [6, 6.07) is 10.6. The molecule has 2 rings (SSSR count). The van der Waals surface area contributed by atoms with Crippen LogP contribution in [0.3, 0.4) is 0 Å². The fourth-order valence-electron chi connectivity index (χ4n) is 3.15. The first-order valence-electron chi connectivity index (χ1n) is 7.76. The van der Waals surface area contributed by atoms with Gasteiger partial charge in [-0.05, 0) is 37.2 Å². The summed E-state index contributed by atoms with van der Waals surface area (Å²) in [5.41, 5.74) is 7.16. The summed E-state index contributed by atoms with van der Waals surface area (Å²) in [5.74, 6) is 0.815. The van der Waals surface area contributed by atoms with Crippen LogP contribution in [0.1, 0.15) is 38.2 Å². The van der Waals surface area contributed by atoms with E-state index in [4.69, 9.17) is 5.73 Å². The van der Waals surface area contributed by atoms with E-state index < -0.39 is 0 Å². The quantitative estimate of drug-likeness (QED) is 0.897. The molecule has 1 heterocycles. The minimum absolute atomic E-state index is 0.243. The number of likely N-dealkylation sites (tertiary alicyclic amines) is 1. The number of amides is 1. The molecular weight excluding hydrogens is 248 g/mol. The van der Waals surface area contributed by atoms with Crippen molar-refractivity contribution in [2.75, 3.05) is 13.1 Å². The predicted octanol–water partition coefficient (Wildman–Crippen LogP) is 2.60. The number of aryl methyl sites for hydroxylation is 1. The molecule has 0 saturated carbocycles. The smallest absolute Gasteiger partial charge is 0.222 e. The molecule has 1 amide bonds. The van der Waals surface area contributed by atoms with Gasteiger partial charge in [-0.3, -0.25) is 4.79 Å². The summed E-state index contributed by atoms with van der Waals surface area (Å²) in [6.07, 6.45) is 4.84. The third-order valence-electron chi connectivity index (χ3n) is 4.38. The first-order chi connectivity index (χ1) is 9.72.